The molecule has 0 spiro atoms. The van der Waals surface area contributed by atoms with Crippen LogP contribution in [0.3, 0.4) is 0 Å². The maximum atomic E-state index is 11.1. The van der Waals surface area contributed by atoms with Crippen molar-refractivity contribution in [1.82, 2.24) is 15.0 Å². The molecule has 0 fully saturated rings. The third-order valence-corrected chi connectivity index (χ3v) is 3.07. The lowest BCUT2D eigenvalue weighted by Gasteiger charge is -2.19. The number of nitrogens with zero attached hydrogens (tertiary/aromatic N) is 3. The normalized spacial score (nSPS) is 13.0. The number of hydrogen-bond donors (Lipinski definition) is 1. The lowest BCUT2D eigenvalue weighted by Crippen LogP contribution is -2.22. The van der Waals surface area contributed by atoms with Crippen LogP contribution >= 0.6 is 0 Å². The Morgan fingerprint density at radius 3 is 2.38 bits per heavy atom. The van der Waals surface area contributed by atoms with Crippen LogP contribution in [0.15, 0.2) is 0 Å². The minimum Gasteiger partial charge on any atom is -0.381 e. The van der Waals surface area contributed by atoms with Crippen LogP contribution in [-0.4, -0.2) is 35.4 Å². The summed E-state index contributed by atoms with van der Waals surface area (Å²) >= 11 is 0. The number of rotatable bonds is 3. The van der Waals surface area contributed by atoms with Crippen LogP contribution in [0.4, 0.5) is 5.82 Å². The number of hydrogen-bond acceptors (Lipinski definition) is 5. The molecule has 16 heavy (non-hydrogen) atoms. The van der Waals surface area contributed by atoms with E-state index in [1.54, 1.807) is 4.68 Å². The Hall–Kier alpha value is -1.11. The summed E-state index contributed by atoms with van der Waals surface area (Å²) in [5, 5.41) is 7.64. The van der Waals surface area contributed by atoms with E-state index in [9.17, 15) is 8.42 Å². The molecule has 0 aliphatic carbocycles. The molecule has 1 heterocycles. The highest BCUT2D eigenvalue weighted by molar-refractivity contribution is 7.90. The van der Waals surface area contributed by atoms with Crippen molar-refractivity contribution < 1.29 is 8.42 Å². The van der Waals surface area contributed by atoms with Gasteiger partial charge in [-0.15, -0.1) is 5.10 Å². The van der Waals surface area contributed by atoms with Gasteiger partial charge in [0.2, 0.25) is 0 Å². The van der Waals surface area contributed by atoms with Gasteiger partial charge < -0.3 is 5.73 Å². The molecular weight excluding hydrogens is 228 g/mol. The molecule has 2 N–H and O–H groups in total. The van der Waals surface area contributed by atoms with Gasteiger partial charge in [0.25, 0.3) is 0 Å². The van der Waals surface area contributed by atoms with Crippen molar-refractivity contribution in [2.75, 3.05) is 17.7 Å². The maximum Gasteiger partial charge on any atom is 0.169 e. The van der Waals surface area contributed by atoms with Gasteiger partial charge in [-0.05, 0) is 0 Å². The summed E-state index contributed by atoms with van der Waals surface area (Å²) in [6, 6.07) is 0. The van der Waals surface area contributed by atoms with Crippen molar-refractivity contribution in [1.29, 1.82) is 0 Å². The Labute approximate surface area is 95.7 Å². The molecule has 92 valence electrons. The third-order valence-electron chi connectivity index (χ3n) is 2.15. The van der Waals surface area contributed by atoms with Crippen LogP contribution in [-0.2, 0) is 21.8 Å². The molecule has 6 nitrogen and oxygen atoms in total. The Bertz CT molecular complexity index is 470. The van der Waals surface area contributed by atoms with Gasteiger partial charge in [0.05, 0.1) is 18.0 Å². The van der Waals surface area contributed by atoms with E-state index in [1.165, 1.54) is 6.26 Å². The molecule has 0 unspecified atom stereocenters. The zero-order valence-electron chi connectivity index (χ0n) is 10.1. The van der Waals surface area contributed by atoms with Gasteiger partial charge in [-0.25, -0.2) is 13.1 Å². The van der Waals surface area contributed by atoms with Gasteiger partial charge >= 0.3 is 0 Å². The lowest BCUT2D eigenvalue weighted by atomic mass is 9.92. The fourth-order valence-corrected chi connectivity index (χ4v) is 2.01. The first-order valence-electron chi connectivity index (χ1n) is 4.98. The molecule has 0 saturated carbocycles. The highest BCUT2D eigenvalue weighted by Gasteiger charge is 2.24. The summed E-state index contributed by atoms with van der Waals surface area (Å²) in [5.74, 6) is 0.403. The zero-order chi connectivity index (χ0) is 12.6. The summed E-state index contributed by atoms with van der Waals surface area (Å²) in [7, 11) is -3.00. The monoisotopic (exact) mass is 246 g/mol. The summed E-state index contributed by atoms with van der Waals surface area (Å²) in [6.45, 7) is 6.24. The lowest BCUT2D eigenvalue weighted by molar-refractivity contribution is 0.492. The average Bonchev–Trinajstić information content (AvgIpc) is 2.41. The second kappa shape index (κ2) is 4.04. The first kappa shape index (κ1) is 13.0. The minimum absolute atomic E-state index is 0.0406. The number of sulfone groups is 1. The van der Waals surface area contributed by atoms with Crippen molar-refractivity contribution in [3.63, 3.8) is 0 Å². The smallest absolute Gasteiger partial charge is 0.169 e. The Kier molecular flexibility index (Phi) is 3.27. The minimum atomic E-state index is -3.00. The third kappa shape index (κ3) is 3.19. The van der Waals surface area contributed by atoms with Crippen LogP contribution in [0.1, 0.15) is 26.5 Å². The second-order valence-corrected chi connectivity index (χ2v) is 7.19. The van der Waals surface area contributed by atoms with Gasteiger partial charge in [0.15, 0.2) is 5.82 Å². The molecule has 0 atom stereocenters. The first-order valence-corrected chi connectivity index (χ1v) is 7.04. The second-order valence-electron chi connectivity index (χ2n) is 4.93. The molecule has 1 rings (SSSR count). The van der Waals surface area contributed by atoms with Crippen molar-refractivity contribution in [3.05, 3.63) is 5.69 Å². The summed E-state index contributed by atoms with van der Waals surface area (Å²) in [6.07, 6.45) is 1.20. The number of nitrogen functional groups attached to an aromatic ring is 1. The quantitative estimate of drug-likeness (QED) is 0.822. The molecule has 0 amide bonds. The van der Waals surface area contributed by atoms with Gasteiger partial charge in [-0.3, -0.25) is 0 Å². The molecule has 1 aromatic rings. The maximum absolute atomic E-state index is 11.1. The zero-order valence-corrected chi connectivity index (χ0v) is 10.9. The summed E-state index contributed by atoms with van der Waals surface area (Å²) in [5.41, 5.74) is 6.29. The van der Waals surface area contributed by atoms with E-state index in [4.69, 9.17) is 5.73 Å². The van der Waals surface area contributed by atoms with E-state index in [0.717, 1.165) is 5.69 Å². The van der Waals surface area contributed by atoms with E-state index in [1.807, 2.05) is 20.8 Å². The van der Waals surface area contributed by atoms with Crippen LogP contribution in [0.5, 0.6) is 0 Å². The van der Waals surface area contributed by atoms with E-state index < -0.39 is 9.84 Å². The molecule has 0 saturated heterocycles. The molecule has 0 aliphatic heterocycles. The standard InChI is InChI=1S/C9H18N4O2S/c1-9(2,3)7-8(10)11-12-13(7)5-6-16(4,14)15/h5-6,10H2,1-4H3. The van der Waals surface area contributed by atoms with Gasteiger partial charge in [0, 0.05) is 11.7 Å². The highest BCUT2D eigenvalue weighted by atomic mass is 32.2. The molecule has 0 aliphatic rings. The van der Waals surface area contributed by atoms with Gasteiger partial charge in [-0.1, -0.05) is 26.0 Å². The largest absolute Gasteiger partial charge is 0.381 e. The number of nitrogens with two attached hydrogens (primary N) is 1. The number of aryl methyl sites for hydroxylation is 1. The number of anilines is 1. The fraction of sp³-hybridized carbons (Fsp3) is 0.778. The topological polar surface area (TPSA) is 90.9 Å². The fourth-order valence-electron chi connectivity index (χ4n) is 1.51. The van der Waals surface area contributed by atoms with Crippen LogP contribution < -0.4 is 5.73 Å². The van der Waals surface area contributed by atoms with E-state index in [2.05, 4.69) is 10.3 Å². The SMILES string of the molecule is CC(C)(C)c1c(N)nnn1CCS(C)(=O)=O. The van der Waals surface area contributed by atoms with E-state index >= 15 is 0 Å². The predicted octanol–water partition coefficient (Wildman–Crippen LogP) is 0.202. The highest BCUT2D eigenvalue weighted by Crippen LogP contribution is 2.25. The molecule has 1 aromatic heterocycles. The Morgan fingerprint density at radius 1 is 1.38 bits per heavy atom. The van der Waals surface area contributed by atoms with Gasteiger partial charge in [0.1, 0.15) is 9.84 Å². The van der Waals surface area contributed by atoms with Crippen LogP contribution in [0.2, 0.25) is 0 Å². The molecule has 7 heteroatoms. The predicted molar refractivity (Wildman–Crippen MR) is 62.8 cm³/mol. The molecule has 0 aromatic carbocycles. The van der Waals surface area contributed by atoms with Crippen molar-refractivity contribution in [2.24, 2.45) is 0 Å². The van der Waals surface area contributed by atoms with E-state index in [0.29, 0.717) is 5.82 Å². The average molecular weight is 246 g/mol. The van der Waals surface area contributed by atoms with Crippen LogP contribution in [0.25, 0.3) is 0 Å². The van der Waals surface area contributed by atoms with Crippen molar-refractivity contribution in [3.8, 4) is 0 Å². The van der Waals surface area contributed by atoms with Crippen molar-refractivity contribution >= 4 is 15.7 Å². The molecular formula is C9H18N4O2S. The van der Waals surface area contributed by atoms with E-state index in [-0.39, 0.29) is 17.7 Å². The Balaban J connectivity index is 2.99. The summed E-state index contributed by atoms with van der Waals surface area (Å²) < 4.78 is 23.7. The van der Waals surface area contributed by atoms with Crippen LogP contribution in [0, 0.1) is 0 Å². The first-order chi connectivity index (χ1) is 7.11. The number of aromatic nitrogens is 3. The molecule has 0 bridgehead atoms. The van der Waals surface area contributed by atoms with Crippen molar-refractivity contribution in [2.45, 2.75) is 32.7 Å². The Morgan fingerprint density at radius 2 is 1.94 bits per heavy atom. The van der Waals surface area contributed by atoms with Gasteiger partial charge in [-0.2, -0.15) is 0 Å². The molecule has 0 radical (unpaired) electrons. The summed E-state index contributed by atoms with van der Waals surface area (Å²) in [4.78, 5) is 0.